The Hall–Kier alpha value is -1.98. The molecular formula is C15H18F2N4. The summed E-state index contributed by atoms with van der Waals surface area (Å²) < 4.78 is 25.4. The van der Waals surface area contributed by atoms with Gasteiger partial charge < -0.3 is 10.2 Å². The molecule has 1 aliphatic heterocycles. The number of alkyl halides is 2. The Morgan fingerprint density at radius 1 is 1.19 bits per heavy atom. The van der Waals surface area contributed by atoms with Crippen LogP contribution < -0.4 is 10.2 Å². The summed E-state index contributed by atoms with van der Waals surface area (Å²) in [7, 11) is 1.82. The van der Waals surface area contributed by atoms with E-state index in [1.807, 2.05) is 36.2 Å². The molecule has 3 rings (SSSR count). The number of piperidine rings is 1. The van der Waals surface area contributed by atoms with Crippen LogP contribution in [0.2, 0.25) is 0 Å². The molecule has 0 aliphatic carbocycles. The van der Waals surface area contributed by atoms with Gasteiger partial charge in [-0.2, -0.15) is 4.98 Å². The van der Waals surface area contributed by atoms with Gasteiger partial charge >= 0.3 is 0 Å². The summed E-state index contributed by atoms with van der Waals surface area (Å²) >= 11 is 0. The highest BCUT2D eigenvalue weighted by Crippen LogP contribution is 2.28. The number of benzene rings is 1. The van der Waals surface area contributed by atoms with E-state index in [9.17, 15) is 8.78 Å². The summed E-state index contributed by atoms with van der Waals surface area (Å²) in [6.45, 7) is 1.16. The summed E-state index contributed by atoms with van der Waals surface area (Å²) in [5.41, 5.74) is 0.864. The topological polar surface area (TPSA) is 41.1 Å². The quantitative estimate of drug-likeness (QED) is 0.943. The molecular weight excluding hydrogens is 274 g/mol. The van der Waals surface area contributed by atoms with Gasteiger partial charge in [0.25, 0.3) is 0 Å². The molecule has 0 unspecified atom stereocenters. The van der Waals surface area contributed by atoms with Crippen LogP contribution in [0.4, 0.5) is 20.5 Å². The fourth-order valence-corrected chi connectivity index (χ4v) is 2.75. The van der Waals surface area contributed by atoms with Crippen LogP contribution in [0.15, 0.2) is 24.3 Å². The zero-order valence-corrected chi connectivity index (χ0v) is 11.9. The Kier molecular flexibility index (Phi) is 3.86. The third kappa shape index (κ3) is 2.75. The molecule has 1 saturated heterocycles. The standard InChI is InChI=1S/C15H18F2N4/c1-18-14-11-4-2-3-5-12(11)19-15(20-14)21-8-6-10(7-9-21)13(16)17/h2-5,10,13H,6-9H2,1H3,(H,18,19,20). The van der Waals surface area contributed by atoms with Crippen LogP contribution in [0.25, 0.3) is 10.9 Å². The van der Waals surface area contributed by atoms with Crippen molar-refractivity contribution in [2.75, 3.05) is 30.4 Å². The van der Waals surface area contributed by atoms with Gasteiger partial charge in [0.15, 0.2) is 0 Å². The third-order valence-electron chi connectivity index (χ3n) is 4.01. The van der Waals surface area contributed by atoms with E-state index >= 15 is 0 Å². The van der Waals surface area contributed by atoms with Gasteiger partial charge in [-0.05, 0) is 25.0 Å². The second-order valence-electron chi connectivity index (χ2n) is 5.30. The van der Waals surface area contributed by atoms with Crippen molar-refractivity contribution in [2.45, 2.75) is 19.3 Å². The summed E-state index contributed by atoms with van der Waals surface area (Å²) in [6, 6.07) is 7.78. The van der Waals surface area contributed by atoms with Crippen LogP contribution >= 0.6 is 0 Å². The van der Waals surface area contributed by atoms with Crippen LogP contribution in [0.3, 0.4) is 0 Å². The molecule has 1 aliphatic rings. The summed E-state index contributed by atoms with van der Waals surface area (Å²) in [4.78, 5) is 11.1. The van der Waals surface area contributed by atoms with Crippen molar-refractivity contribution in [3.63, 3.8) is 0 Å². The molecule has 4 nitrogen and oxygen atoms in total. The molecule has 0 spiro atoms. The van der Waals surface area contributed by atoms with E-state index in [-0.39, 0.29) is 0 Å². The fourth-order valence-electron chi connectivity index (χ4n) is 2.75. The first kappa shape index (κ1) is 14.0. The molecule has 0 saturated carbocycles. The summed E-state index contributed by atoms with van der Waals surface area (Å²) in [6.07, 6.45) is -1.25. The van der Waals surface area contributed by atoms with Crippen molar-refractivity contribution < 1.29 is 8.78 Å². The number of halogens is 2. The average molecular weight is 292 g/mol. The monoisotopic (exact) mass is 292 g/mol. The lowest BCUT2D eigenvalue weighted by atomic mass is 9.98. The maximum atomic E-state index is 12.7. The minimum Gasteiger partial charge on any atom is -0.372 e. The lowest BCUT2D eigenvalue weighted by molar-refractivity contribution is 0.0634. The lowest BCUT2D eigenvalue weighted by Crippen LogP contribution is -2.37. The van der Waals surface area contributed by atoms with Crippen LogP contribution in [0.1, 0.15) is 12.8 Å². The van der Waals surface area contributed by atoms with Gasteiger partial charge in [0.05, 0.1) is 5.52 Å². The predicted octanol–water partition coefficient (Wildman–Crippen LogP) is 3.15. The van der Waals surface area contributed by atoms with Crippen LogP contribution in [0, 0.1) is 5.92 Å². The number of hydrogen-bond donors (Lipinski definition) is 1. The zero-order valence-electron chi connectivity index (χ0n) is 11.9. The van der Waals surface area contributed by atoms with Crippen LogP contribution in [-0.4, -0.2) is 36.5 Å². The molecule has 21 heavy (non-hydrogen) atoms. The van der Waals surface area contributed by atoms with E-state index in [1.54, 1.807) is 0 Å². The normalized spacial score (nSPS) is 16.7. The van der Waals surface area contributed by atoms with Crippen molar-refractivity contribution in [3.05, 3.63) is 24.3 Å². The fraction of sp³-hybridized carbons (Fsp3) is 0.467. The van der Waals surface area contributed by atoms with E-state index in [4.69, 9.17) is 0 Å². The van der Waals surface area contributed by atoms with Crippen molar-refractivity contribution in [2.24, 2.45) is 5.92 Å². The zero-order chi connectivity index (χ0) is 14.8. The Morgan fingerprint density at radius 2 is 1.90 bits per heavy atom. The highest BCUT2D eigenvalue weighted by molar-refractivity contribution is 5.89. The molecule has 1 fully saturated rings. The number of hydrogen-bond acceptors (Lipinski definition) is 4. The highest BCUT2D eigenvalue weighted by atomic mass is 19.3. The van der Waals surface area contributed by atoms with Crippen LogP contribution in [0.5, 0.6) is 0 Å². The van der Waals surface area contributed by atoms with Crippen molar-refractivity contribution in [1.29, 1.82) is 0 Å². The minimum absolute atomic E-state index is 0.489. The number of para-hydroxylation sites is 1. The molecule has 0 atom stereocenters. The number of nitrogens with zero attached hydrogens (tertiary/aromatic N) is 3. The Morgan fingerprint density at radius 3 is 2.57 bits per heavy atom. The highest BCUT2D eigenvalue weighted by Gasteiger charge is 2.27. The second-order valence-corrected chi connectivity index (χ2v) is 5.30. The molecule has 0 radical (unpaired) electrons. The lowest BCUT2D eigenvalue weighted by Gasteiger charge is -2.31. The van der Waals surface area contributed by atoms with Gasteiger partial charge in [-0.3, -0.25) is 0 Å². The largest absolute Gasteiger partial charge is 0.372 e. The van der Waals surface area contributed by atoms with E-state index < -0.39 is 12.3 Å². The first-order valence-electron chi connectivity index (χ1n) is 7.16. The van der Waals surface area contributed by atoms with Gasteiger partial charge in [0, 0.05) is 31.4 Å². The Labute approximate surface area is 122 Å². The Balaban J connectivity index is 1.88. The molecule has 0 bridgehead atoms. The van der Waals surface area contributed by atoms with Gasteiger partial charge in [0.2, 0.25) is 12.4 Å². The maximum Gasteiger partial charge on any atom is 0.241 e. The van der Waals surface area contributed by atoms with E-state index in [0.717, 1.165) is 16.7 Å². The van der Waals surface area contributed by atoms with Crippen molar-refractivity contribution in [3.8, 4) is 0 Å². The molecule has 1 N–H and O–H groups in total. The smallest absolute Gasteiger partial charge is 0.241 e. The summed E-state index contributed by atoms with van der Waals surface area (Å²) in [5.74, 6) is 0.892. The number of anilines is 2. The third-order valence-corrected chi connectivity index (χ3v) is 4.01. The van der Waals surface area contributed by atoms with Gasteiger partial charge in [-0.25, -0.2) is 13.8 Å². The van der Waals surface area contributed by atoms with E-state index in [1.165, 1.54) is 0 Å². The van der Waals surface area contributed by atoms with E-state index in [0.29, 0.717) is 31.9 Å². The molecule has 1 aromatic carbocycles. The first-order chi connectivity index (χ1) is 10.2. The maximum absolute atomic E-state index is 12.7. The second kappa shape index (κ2) is 5.79. The van der Waals surface area contributed by atoms with Crippen molar-refractivity contribution in [1.82, 2.24) is 9.97 Å². The van der Waals surface area contributed by atoms with E-state index in [2.05, 4.69) is 15.3 Å². The van der Waals surface area contributed by atoms with Crippen LogP contribution in [-0.2, 0) is 0 Å². The van der Waals surface area contributed by atoms with Gasteiger partial charge in [0.1, 0.15) is 5.82 Å². The number of fused-ring (bicyclic) bond motifs is 1. The average Bonchev–Trinajstić information content (AvgIpc) is 2.53. The molecule has 6 heteroatoms. The number of nitrogens with one attached hydrogen (secondary N) is 1. The molecule has 2 aromatic rings. The molecule has 0 amide bonds. The molecule has 112 valence electrons. The molecule has 2 heterocycles. The number of aromatic nitrogens is 2. The molecule has 1 aromatic heterocycles. The first-order valence-corrected chi connectivity index (χ1v) is 7.16. The Bertz CT molecular complexity index is 624. The number of rotatable bonds is 3. The minimum atomic E-state index is -2.22. The van der Waals surface area contributed by atoms with Gasteiger partial charge in [-0.15, -0.1) is 0 Å². The predicted molar refractivity (Wildman–Crippen MR) is 80.0 cm³/mol. The van der Waals surface area contributed by atoms with Crippen molar-refractivity contribution >= 4 is 22.7 Å². The SMILES string of the molecule is CNc1nc(N2CCC(C(F)F)CC2)nc2ccccc12. The summed E-state index contributed by atoms with van der Waals surface area (Å²) in [5, 5.41) is 4.04. The van der Waals surface area contributed by atoms with Gasteiger partial charge in [-0.1, -0.05) is 12.1 Å².